The number of nitrogens with zero attached hydrogens (tertiary/aromatic N) is 1. The Labute approximate surface area is 149 Å². The molecule has 5 heteroatoms. The standard InChI is InChI=1S/C20H23NO3S/c1-16-12-14-18(15-13-16)21(20(22)17-8-4-2-5-9-17)25(23,24)19-10-6-3-7-11-19/h3,6-7,10-15,17H,2,4-5,8-9H2,1H3. The van der Waals surface area contributed by atoms with Crippen molar-refractivity contribution < 1.29 is 13.2 Å². The first-order valence-electron chi connectivity index (χ1n) is 8.71. The van der Waals surface area contributed by atoms with E-state index in [1.807, 2.05) is 19.1 Å². The van der Waals surface area contributed by atoms with Gasteiger partial charge in [-0.25, -0.2) is 12.7 Å². The molecular weight excluding hydrogens is 334 g/mol. The zero-order chi connectivity index (χ0) is 17.9. The van der Waals surface area contributed by atoms with Gasteiger partial charge < -0.3 is 0 Å². The smallest absolute Gasteiger partial charge is 0.270 e. The summed E-state index contributed by atoms with van der Waals surface area (Å²) >= 11 is 0. The van der Waals surface area contributed by atoms with Crippen LogP contribution in [0.1, 0.15) is 37.7 Å². The molecule has 2 aromatic rings. The SMILES string of the molecule is Cc1ccc(N(C(=O)C2CCCCC2)S(=O)(=O)c2ccccc2)cc1. The third kappa shape index (κ3) is 3.76. The minimum Gasteiger partial charge on any atom is -0.273 e. The van der Waals surface area contributed by atoms with E-state index >= 15 is 0 Å². The maximum atomic E-state index is 13.2. The Bertz CT molecular complexity index is 823. The summed E-state index contributed by atoms with van der Waals surface area (Å²) in [6, 6.07) is 15.2. The minimum absolute atomic E-state index is 0.139. The molecule has 3 rings (SSSR count). The lowest BCUT2D eigenvalue weighted by Crippen LogP contribution is -2.41. The Balaban J connectivity index is 2.05. The maximum absolute atomic E-state index is 13.2. The topological polar surface area (TPSA) is 54.5 Å². The van der Waals surface area contributed by atoms with Gasteiger partial charge in [0, 0.05) is 5.92 Å². The third-order valence-corrected chi connectivity index (χ3v) is 6.44. The second kappa shape index (κ2) is 7.40. The van der Waals surface area contributed by atoms with Crippen LogP contribution >= 0.6 is 0 Å². The van der Waals surface area contributed by atoms with Gasteiger partial charge >= 0.3 is 0 Å². The molecule has 0 bridgehead atoms. The highest BCUT2D eigenvalue weighted by Crippen LogP contribution is 2.31. The normalized spacial score (nSPS) is 15.7. The van der Waals surface area contributed by atoms with Gasteiger partial charge in [-0.05, 0) is 44.0 Å². The van der Waals surface area contributed by atoms with Crippen molar-refractivity contribution in [3.8, 4) is 0 Å². The van der Waals surface area contributed by atoms with Crippen LogP contribution in [0.25, 0.3) is 0 Å². The van der Waals surface area contributed by atoms with Crippen molar-refractivity contribution in [3.63, 3.8) is 0 Å². The van der Waals surface area contributed by atoms with E-state index in [1.165, 1.54) is 12.1 Å². The van der Waals surface area contributed by atoms with Gasteiger partial charge in [0.15, 0.2) is 0 Å². The van der Waals surface area contributed by atoms with Gasteiger partial charge in [0.1, 0.15) is 0 Å². The van der Waals surface area contributed by atoms with Crippen LogP contribution in [0.15, 0.2) is 59.5 Å². The van der Waals surface area contributed by atoms with E-state index in [0.29, 0.717) is 5.69 Å². The first kappa shape index (κ1) is 17.7. The van der Waals surface area contributed by atoms with Crippen LogP contribution in [0.5, 0.6) is 0 Å². The average Bonchev–Trinajstić information content (AvgIpc) is 2.65. The molecule has 0 unspecified atom stereocenters. The Morgan fingerprint density at radius 1 is 0.920 bits per heavy atom. The molecule has 0 spiro atoms. The lowest BCUT2D eigenvalue weighted by atomic mass is 9.88. The van der Waals surface area contributed by atoms with Crippen molar-refractivity contribution >= 4 is 21.6 Å². The van der Waals surface area contributed by atoms with Crippen molar-refractivity contribution in [1.29, 1.82) is 0 Å². The molecule has 2 aromatic carbocycles. The van der Waals surface area contributed by atoms with Gasteiger partial charge in [-0.15, -0.1) is 0 Å². The molecule has 1 aliphatic carbocycles. The number of carbonyl (C=O) groups excluding carboxylic acids is 1. The number of sulfonamides is 1. The highest BCUT2D eigenvalue weighted by atomic mass is 32.2. The number of hydrogen-bond donors (Lipinski definition) is 0. The van der Waals surface area contributed by atoms with Gasteiger partial charge in [0.05, 0.1) is 10.6 Å². The van der Waals surface area contributed by atoms with Crippen molar-refractivity contribution in [2.45, 2.75) is 43.9 Å². The van der Waals surface area contributed by atoms with E-state index in [0.717, 1.165) is 42.0 Å². The van der Waals surface area contributed by atoms with E-state index < -0.39 is 10.0 Å². The molecule has 1 amide bonds. The molecule has 0 saturated heterocycles. The largest absolute Gasteiger partial charge is 0.273 e. The molecule has 0 aromatic heterocycles. The summed E-state index contributed by atoms with van der Waals surface area (Å²) in [5.41, 5.74) is 1.43. The molecule has 1 aliphatic rings. The quantitative estimate of drug-likeness (QED) is 0.820. The van der Waals surface area contributed by atoms with Crippen LogP contribution in [-0.2, 0) is 14.8 Å². The Kier molecular flexibility index (Phi) is 5.23. The number of hydrogen-bond acceptors (Lipinski definition) is 3. The van der Waals surface area contributed by atoms with Crippen LogP contribution < -0.4 is 4.31 Å². The molecule has 25 heavy (non-hydrogen) atoms. The summed E-state index contributed by atoms with van der Waals surface area (Å²) in [5, 5.41) is 0. The molecule has 0 radical (unpaired) electrons. The molecule has 0 heterocycles. The van der Waals surface area contributed by atoms with E-state index in [-0.39, 0.29) is 16.7 Å². The van der Waals surface area contributed by atoms with Gasteiger partial charge in [-0.3, -0.25) is 4.79 Å². The number of carbonyl (C=O) groups is 1. The summed E-state index contributed by atoms with van der Waals surface area (Å²) in [6.45, 7) is 1.93. The highest BCUT2D eigenvalue weighted by Gasteiger charge is 2.35. The molecule has 0 aliphatic heterocycles. The third-order valence-electron chi connectivity index (χ3n) is 4.70. The van der Waals surface area contributed by atoms with Crippen LogP contribution in [0.4, 0.5) is 5.69 Å². The zero-order valence-electron chi connectivity index (χ0n) is 14.4. The summed E-state index contributed by atoms with van der Waals surface area (Å²) in [4.78, 5) is 13.3. The molecule has 0 N–H and O–H groups in total. The first-order chi connectivity index (χ1) is 12.0. The van der Waals surface area contributed by atoms with Gasteiger partial charge in [-0.1, -0.05) is 55.2 Å². The Hall–Kier alpha value is -2.14. The summed E-state index contributed by atoms with van der Waals surface area (Å²) in [6.07, 6.45) is 4.57. The summed E-state index contributed by atoms with van der Waals surface area (Å²) < 4.78 is 27.4. The highest BCUT2D eigenvalue weighted by molar-refractivity contribution is 7.93. The van der Waals surface area contributed by atoms with Crippen LogP contribution in [0.3, 0.4) is 0 Å². The number of aryl methyl sites for hydroxylation is 1. The molecule has 0 atom stereocenters. The minimum atomic E-state index is -3.93. The van der Waals surface area contributed by atoms with Crippen molar-refractivity contribution in [3.05, 3.63) is 60.2 Å². The van der Waals surface area contributed by atoms with Crippen LogP contribution in [-0.4, -0.2) is 14.3 Å². The van der Waals surface area contributed by atoms with Gasteiger partial charge in [-0.2, -0.15) is 0 Å². The predicted molar refractivity (Wildman–Crippen MR) is 98.9 cm³/mol. The zero-order valence-corrected chi connectivity index (χ0v) is 15.2. The Morgan fingerprint density at radius 3 is 2.12 bits per heavy atom. The van der Waals surface area contributed by atoms with E-state index in [2.05, 4.69) is 0 Å². The van der Waals surface area contributed by atoms with Crippen LogP contribution in [0.2, 0.25) is 0 Å². The number of benzene rings is 2. The first-order valence-corrected chi connectivity index (χ1v) is 10.1. The Morgan fingerprint density at radius 2 is 1.52 bits per heavy atom. The lowest BCUT2D eigenvalue weighted by Gasteiger charge is -2.29. The molecule has 4 nitrogen and oxygen atoms in total. The monoisotopic (exact) mass is 357 g/mol. The number of amides is 1. The summed E-state index contributed by atoms with van der Waals surface area (Å²) in [5.74, 6) is -0.541. The molecule has 1 fully saturated rings. The van der Waals surface area contributed by atoms with Crippen molar-refractivity contribution in [2.75, 3.05) is 4.31 Å². The van der Waals surface area contributed by atoms with Crippen LogP contribution in [0, 0.1) is 12.8 Å². The summed E-state index contributed by atoms with van der Waals surface area (Å²) in [7, 11) is -3.93. The maximum Gasteiger partial charge on any atom is 0.270 e. The van der Waals surface area contributed by atoms with Gasteiger partial charge in [0.25, 0.3) is 10.0 Å². The average molecular weight is 357 g/mol. The fraction of sp³-hybridized carbons (Fsp3) is 0.350. The van der Waals surface area contributed by atoms with E-state index in [4.69, 9.17) is 0 Å². The second-order valence-corrected chi connectivity index (χ2v) is 8.38. The second-order valence-electron chi connectivity index (χ2n) is 6.59. The van der Waals surface area contributed by atoms with E-state index in [1.54, 1.807) is 30.3 Å². The molecule has 1 saturated carbocycles. The van der Waals surface area contributed by atoms with E-state index in [9.17, 15) is 13.2 Å². The molecule has 132 valence electrons. The number of anilines is 1. The number of rotatable bonds is 4. The predicted octanol–water partition coefficient (Wildman–Crippen LogP) is 4.30. The fourth-order valence-corrected chi connectivity index (χ4v) is 4.77. The van der Waals surface area contributed by atoms with Crippen molar-refractivity contribution in [2.24, 2.45) is 5.92 Å². The van der Waals surface area contributed by atoms with Gasteiger partial charge in [0.2, 0.25) is 5.91 Å². The molecular formula is C20H23NO3S. The van der Waals surface area contributed by atoms with Crippen molar-refractivity contribution in [1.82, 2.24) is 0 Å². The fourth-order valence-electron chi connectivity index (χ4n) is 3.28. The lowest BCUT2D eigenvalue weighted by molar-refractivity contribution is -0.122.